The molecule has 1 aliphatic rings. The third kappa shape index (κ3) is 4.38. The quantitative estimate of drug-likeness (QED) is 0.643. The lowest BCUT2D eigenvalue weighted by Crippen LogP contribution is -2.36. The number of sulfonamides is 1. The van der Waals surface area contributed by atoms with Gasteiger partial charge in [0, 0.05) is 24.2 Å². The van der Waals surface area contributed by atoms with Gasteiger partial charge in [0.05, 0.1) is 24.5 Å². The number of carbonyl (C=O) groups is 1. The number of aryl methyl sites for hydroxylation is 1. The Hall–Kier alpha value is -2.19. The molecule has 1 saturated heterocycles. The summed E-state index contributed by atoms with van der Waals surface area (Å²) in [5.74, 6) is 0.640. The first-order chi connectivity index (χ1) is 13.8. The lowest BCUT2D eigenvalue weighted by atomic mass is 10.1. The number of benzene rings is 1. The van der Waals surface area contributed by atoms with Crippen LogP contribution in [0.2, 0.25) is 0 Å². The van der Waals surface area contributed by atoms with Crippen LogP contribution in [0.25, 0.3) is 0 Å². The zero-order valence-electron chi connectivity index (χ0n) is 17.6. The van der Waals surface area contributed by atoms with Gasteiger partial charge in [-0.2, -0.15) is 9.40 Å². The molecule has 1 aliphatic heterocycles. The monoisotopic (exact) mass is 419 g/mol. The van der Waals surface area contributed by atoms with Gasteiger partial charge in [0.15, 0.2) is 5.78 Å². The van der Waals surface area contributed by atoms with Gasteiger partial charge in [0.1, 0.15) is 10.6 Å². The average molecular weight is 420 g/mol. The third-order valence-electron chi connectivity index (χ3n) is 5.31. The largest absolute Gasteiger partial charge is 0.494 e. The van der Waals surface area contributed by atoms with E-state index in [-0.39, 0.29) is 5.78 Å². The summed E-state index contributed by atoms with van der Waals surface area (Å²) in [6, 6.07) is 5.32. The van der Waals surface area contributed by atoms with Crippen LogP contribution >= 0.6 is 0 Å². The molecule has 0 aliphatic carbocycles. The first-order valence-electron chi connectivity index (χ1n) is 10.1. The molecule has 8 heteroatoms. The molecule has 0 amide bonds. The number of piperidine rings is 1. The Morgan fingerprint density at radius 3 is 2.48 bits per heavy atom. The van der Waals surface area contributed by atoms with Crippen LogP contribution in [0.15, 0.2) is 23.1 Å². The molecule has 2 aromatic rings. The van der Waals surface area contributed by atoms with E-state index >= 15 is 0 Å². The first-order valence-corrected chi connectivity index (χ1v) is 11.5. The number of Topliss-reactive ketones (excluding diaryl/α,β-unsaturated/α-hetero) is 1. The smallest absolute Gasteiger partial charge is 0.246 e. The molecule has 3 rings (SSSR count). The molecule has 1 aromatic heterocycles. The zero-order valence-corrected chi connectivity index (χ0v) is 18.4. The molecular formula is C21H29N3O4S. The molecule has 1 fully saturated rings. The van der Waals surface area contributed by atoms with Crippen LogP contribution < -0.4 is 4.74 Å². The molecule has 1 aromatic carbocycles. The fourth-order valence-electron chi connectivity index (χ4n) is 3.82. The fourth-order valence-corrected chi connectivity index (χ4v) is 5.71. The summed E-state index contributed by atoms with van der Waals surface area (Å²) in [6.45, 7) is 8.88. The molecule has 0 bridgehead atoms. The Kier molecular flexibility index (Phi) is 6.43. The van der Waals surface area contributed by atoms with Crippen molar-refractivity contribution in [2.45, 2.75) is 58.4 Å². The van der Waals surface area contributed by atoms with E-state index in [1.807, 2.05) is 6.92 Å². The topological polar surface area (TPSA) is 81.5 Å². The van der Waals surface area contributed by atoms with E-state index in [2.05, 4.69) is 5.10 Å². The van der Waals surface area contributed by atoms with Crippen molar-refractivity contribution < 1.29 is 17.9 Å². The van der Waals surface area contributed by atoms with Gasteiger partial charge in [-0.05, 0) is 58.7 Å². The lowest BCUT2D eigenvalue weighted by Gasteiger charge is -2.26. The highest BCUT2D eigenvalue weighted by molar-refractivity contribution is 7.89. The highest BCUT2D eigenvalue weighted by Gasteiger charge is 2.31. The second kappa shape index (κ2) is 8.67. The van der Waals surface area contributed by atoms with Gasteiger partial charge in [-0.3, -0.25) is 9.48 Å². The number of ether oxygens (including phenoxy) is 1. The lowest BCUT2D eigenvalue weighted by molar-refractivity contribution is 0.101. The number of rotatable bonds is 7. The molecular weight excluding hydrogens is 390 g/mol. The summed E-state index contributed by atoms with van der Waals surface area (Å²) in [7, 11) is -3.57. The maximum absolute atomic E-state index is 13.2. The normalized spacial score (nSPS) is 15.4. The van der Waals surface area contributed by atoms with Crippen molar-refractivity contribution in [3.8, 4) is 5.75 Å². The number of carbonyl (C=O) groups excluding carboxylic acids is 1. The summed E-state index contributed by atoms with van der Waals surface area (Å²) in [5.41, 5.74) is 2.48. The number of ketones is 1. The Bertz CT molecular complexity index is 1010. The van der Waals surface area contributed by atoms with Crippen LogP contribution in [0.1, 0.15) is 60.4 Å². The minimum atomic E-state index is -3.57. The summed E-state index contributed by atoms with van der Waals surface area (Å²) in [5, 5.41) is 4.51. The number of nitrogens with zero attached hydrogens (tertiary/aromatic N) is 3. The van der Waals surface area contributed by atoms with Crippen molar-refractivity contribution in [2.24, 2.45) is 0 Å². The summed E-state index contributed by atoms with van der Waals surface area (Å²) in [6.07, 6.45) is 2.85. The van der Waals surface area contributed by atoms with Crippen molar-refractivity contribution in [3.05, 3.63) is 40.7 Å². The van der Waals surface area contributed by atoms with Gasteiger partial charge in [-0.25, -0.2) is 8.42 Å². The SMILES string of the molecule is CCOc1ccc(C(C)=O)cc1Cn1nc(C)c(S(=O)(=O)N2CCCCC2)c1C. The summed E-state index contributed by atoms with van der Waals surface area (Å²) < 4.78 is 35.4. The Morgan fingerprint density at radius 1 is 1.17 bits per heavy atom. The predicted molar refractivity (Wildman–Crippen MR) is 111 cm³/mol. The molecule has 0 N–H and O–H groups in total. The molecule has 7 nitrogen and oxygen atoms in total. The number of hydrogen-bond donors (Lipinski definition) is 0. The Morgan fingerprint density at radius 2 is 1.86 bits per heavy atom. The molecule has 0 unspecified atom stereocenters. The van der Waals surface area contributed by atoms with E-state index in [1.54, 1.807) is 41.0 Å². The van der Waals surface area contributed by atoms with Crippen LogP contribution in [0, 0.1) is 13.8 Å². The van der Waals surface area contributed by atoms with E-state index in [0.29, 0.717) is 53.8 Å². The number of hydrogen-bond acceptors (Lipinski definition) is 5. The second-order valence-electron chi connectivity index (χ2n) is 7.43. The zero-order chi connectivity index (χ0) is 21.2. The van der Waals surface area contributed by atoms with Gasteiger partial charge in [0.2, 0.25) is 10.0 Å². The average Bonchev–Trinajstić information content (AvgIpc) is 2.97. The first kappa shape index (κ1) is 21.5. The Labute approximate surface area is 172 Å². The molecule has 29 heavy (non-hydrogen) atoms. The van der Waals surface area contributed by atoms with Gasteiger partial charge in [-0.15, -0.1) is 0 Å². The van der Waals surface area contributed by atoms with Crippen molar-refractivity contribution in [3.63, 3.8) is 0 Å². The van der Waals surface area contributed by atoms with Crippen molar-refractivity contribution >= 4 is 15.8 Å². The maximum atomic E-state index is 13.2. The molecule has 0 atom stereocenters. The van der Waals surface area contributed by atoms with Gasteiger partial charge in [0.25, 0.3) is 0 Å². The summed E-state index contributed by atoms with van der Waals surface area (Å²) in [4.78, 5) is 12.1. The molecule has 158 valence electrons. The minimum Gasteiger partial charge on any atom is -0.494 e. The van der Waals surface area contributed by atoms with Crippen LogP contribution in [-0.2, 0) is 16.6 Å². The van der Waals surface area contributed by atoms with E-state index in [4.69, 9.17) is 4.74 Å². The van der Waals surface area contributed by atoms with Crippen molar-refractivity contribution in [1.82, 2.24) is 14.1 Å². The van der Waals surface area contributed by atoms with Crippen LogP contribution in [0.3, 0.4) is 0 Å². The molecule has 0 radical (unpaired) electrons. The van der Waals surface area contributed by atoms with E-state index in [9.17, 15) is 13.2 Å². The van der Waals surface area contributed by atoms with Gasteiger partial charge < -0.3 is 4.74 Å². The van der Waals surface area contributed by atoms with E-state index < -0.39 is 10.0 Å². The minimum absolute atomic E-state index is 0.0315. The van der Waals surface area contributed by atoms with E-state index in [1.165, 1.54) is 6.92 Å². The van der Waals surface area contributed by atoms with Crippen LogP contribution in [0.4, 0.5) is 0 Å². The maximum Gasteiger partial charge on any atom is 0.246 e. The van der Waals surface area contributed by atoms with Crippen LogP contribution in [0.5, 0.6) is 5.75 Å². The van der Waals surface area contributed by atoms with Crippen molar-refractivity contribution in [1.29, 1.82) is 0 Å². The van der Waals surface area contributed by atoms with Gasteiger partial charge >= 0.3 is 0 Å². The predicted octanol–water partition coefficient (Wildman–Crippen LogP) is 3.32. The standard InChI is InChI=1S/C21H29N3O4S/c1-5-28-20-10-9-18(17(4)25)13-19(20)14-24-16(3)21(15(2)22-24)29(26,27)23-11-7-6-8-12-23/h9-10,13H,5-8,11-12,14H2,1-4H3. The third-order valence-corrected chi connectivity index (χ3v) is 7.47. The fraction of sp³-hybridized carbons (Fsp3) is 0.524. The van der Waals surface area contributed by atoms with Crippen molar-refractivity contribution in [2.75, 3.05) is 19.7 Å². The second-order valence-corrected chi connectivity index (χ2v) is 9.31. The molecule has 0 saturated carbocycles. The summed E-state index contributed by atoms with van der Waals surface area (Å²) >= 11 is 0. The van der Waals surface area contributed by atoms with E-state index in [0.717, 1.165) is 24.8 Å². The number of aromatic nitrogens is 2. The highest BCUT2D eigenvalue weighted by atomic mass is 32.2. The highest BCUT2D eigenvalue weighted by Crippen LogP contribution is 2.28. The molecule has 2 heterocycles. The Balaban J connectivity index is 1.99. The van der Waals surface area contributed by atoms with Gasteiger partial charge in [-0.1, -0.05) is 6.42 Å². The molecule has 0 spiro atoms. The van der Waals surface area contributed by atoms with Crippen LogP contribution in [-0.4, -0.2) is 48.0 Å².